The molecule has 0 bridgehead atoms. The van der Waals surface area contributed by atoms with Crippen molar-refractivity contribution in [3.8, 4) is 5.75 Å². The molecule has 5 nitrogen and oxygen atoms in total. The first-order valence-corrected chi connectivity index (χ1v) is 9.26. The fourth-order valence-corrected chi connectivity index (χ4v) is 3.88. The lowest BCUT2D eigenvalue weighted by atomic mass is 9.90. The highest BCUT2D eigenvalue weighted by Crippen LogP contribution is 2.36. The van der Waals surface area contributed by atoms with Crippen LogP contribution < -0.4 is 10.1 Å². The minimum atomic E-state index is -0.509. The second kappa shape index (κ2) is 6.12. The number of hydrogen-bond donors (Lipinski definition) is 1. The van der Waals surface area contributed by atoms with Gasteiger partial charge >= 0.3 is 6.03 Å². The lowest BCUT2D eigenvalue weighted by Crippen LogP contribution is -2.67. The van der Waals surface area contributed by atoms with Gasteiger partial charge in [0.1, 0.15) is 11.6 Å². The number of nitrogens with one attached hydrogen (secondary N) is 1. The molecular weight excluding hydrogens is 357 g/mol. The molecule has 1 saturated heterocycles. The number of nitrogens with zero attached hydrogens (tertiary/aromatic N) is 2. The number of fused-ring (bicyclic) bond motifs is 2. The molecule has 0 radical (unpaired) electrons. The van der Waals surface area contributed by atoms with E-state index < -0.39 is 5.60 Å². The first kappa shape index (κ1) is 16.9. The molecule has 1 spiro atoms. The Balaban J connectivity index is 1.19. The van der Waals surface area contributed by atoms with Crippen LogP contribution in [0.3, 0.4) is 0 Å². The number of benzene rings is 2. The van der Waals surface area contributed by atoms with Crippen molar-refractivity contribution >= 4 is 23.0 Å². The lowest BCUT2D eigenvalue weighted by Gasteiger charge is -2.49. The van der Waals surface area contributed by atoms with Gasteiger partial charge in [-0.1, -0.05) is 12.1 Å². The molecule has 2 amide bonds. The van der Waals surface area contributed by atoms with Crippen molar-refractivity contribution in [1.29, 1.82) is 0 Å². The molecule has 142 valence electrons. The van der Waals surface area contributed by atoms with Crippen LogP contribution in [0.2, 0.25) is 0 Å². The van der Waals surface area contributed by atoms with Crippen LogP contribution in [0.4, 0.5) is 9.18 Å². The zero-order valence-electron chi connectivity index (χ0n) is 15.5. The van der Waals surface area contributed by atoms with Crippen molar-refractivity contribution in [2.24, 2.45) is 7.05 Å². The monoisotopic (exact) mass is 377 g/mol. The van der Waals surface area contributed by atoms with E-state index >= 15 is 0 Å². The SMILES string of the molecule is Cn1ccc2cc(CNC(=O)N3CC4(C=Cc5cc(F)ccc5O4)C3)ccc21. The topological polar surface area (TPSA) is 46.5 Å². The van der Waals surface area contributed by atoms with Crippen LogP contribution in [-0.2, 0) is 13.6 Å². The van der Waals surface area contributed by atoms with Crippen LogP contribution in [-0.4, -0.2) is 34.2 Å². The number of urea groups is 1. The largest absolute Gasteiger partial charge is 0.479 e. The Morgan fingerprint density at radius 1 is 1.21 bits per heavy atom. The summed E-state index contributed by atoms with van der Waals surface area (Å²) in [4.78, 5) is 14.2. The molecule has 2 aliphatic rings. The zero-order chi connectivity index (χ0) is 19.3. The second-order valence-corrected chi connectivity index (χ2v) is 7.52. The van der Waals surface area contributed by atoms with Gasteiger partial charge in [-0.2, -0.15) is 0 Å². The molecule has 0 saturated carbocycles. The summed E-state index contributed by atoms with van der Waals surface area (Å²) >= 11 is 0. The molecule has 1 N–H and O–H groups in total. The third-order valence-electron chi connectivity index (χ3n) is 5.45. The van der Waals surface area contributed by atoms with Gasteiger partial charge in [-0.25, -0.2) is 9.18 Å². The number of hydrogen-bond acceptors (Lipinski definition) is 2. The Bertz CT molecular complexity index is 1110. The number of aromatic nitrogens is 1. The summed E-state index contributed by atoms with van der Waals surface area (Å²) in [6.07, 6.45) is 5.81. The lowest BCUT2D eigenvalue weighted by molar-refractivity contribution is -0.0182. The summed E-state index contributed by atoms with van der Waals surface area (Å²) in [5.74, 6) is 0.367. The van der Waals surface area contributed by atoms with Gasteiger partial charge in [0, 0.05) is 30.9 Å². The van der Waals surface area contributed by atoms with Crippen LogP contribution >= 0.6 is 0 Å². The minimum absolute atomic E-state index is 0.110. The van der Waals surface area contributed by atoms with Crippen molar-refractivity contribution in [3.05, 3.63) is 71.7 Å². The number of aryl methyl sites for hydroxylation is 1. The van der Waals surface area contributed by atoms with Crippen molar-refractivity contribution in [2.45, 2.75) is 12.1 Å². The van der Waals surface area contributed by atoms with Crippen LogP contribution in [0.25, 0.3) is 17.0 Å². The first-order chi connectivity index (χ1) is 13.5. The molecule has 3 heterocycles. The Labute approximate surface area is 162 Å². The Morgan fingerprint density at radius 3 is 2.93 bits per heavy atom. The van der Waals surface area contributed by atoms with Gasteiger partial charge < -0.3 is 19.5 Å². The molecule has 0 aliphatic carbocycles. The third kappa shape index (κ3) is 2.81. The van der Waals surface area contributed by atoms with E-state index in [0.717, 1.165) is 16.5 Å². The number of amides is 2. The number of ether oxygens (including phenoxy) is 1. The summed E-state index contributed by atoms with van der Waals surface area (Å²) < 4.78 is 21.4. The Hall–Kier alpha value is -3.28. The van der Waals surface area contributed by atoms with Crippen LogP contribution in [0, 0.1) is 5.82 Å². The maximum absolute atomic E-state index is 13.3. The second-order valence-electron chi connectivity index (χ2n) is 7.52. The van der Waals surface area contributed by atoms with Crippen LogP contribution in [0.15, 0.2) is 54.7 Å². The van der Waals surface area contributed by atoms with Gasteiger partial charge in [-0.05, 0) is 53.4 Å². The highest BCUT2D eigenvalue weighted by Gasteiger charge is 2.47. The van der Waals surface area contributed by atoms with Gasteiger partial charge in [0.05, 0.1) is 13.1 Å². The molecule has 0 unspecified atom stereocenters. The van der Waals surface area contributed by atoms with Crippen LogP contribution in [0.1, 0.15) is 11.1 Å². The summed E-state index contributed by atoms with van der Waals surface area (Å²) in [6, 6.07) is 12.6. The van der Waals surface area contributed by atoms with E-state index in [-0.39, 0.29) is 11.8 Å². The van der Waals surface area contributed by atoms with Gasteiger partial charge in [-0.3, -0.25) is 0 Å². The number of rotatable bonds is 2. The molecule has 1 aromatic heterocycles. The summed E-state index contributed by atoms with van der Waals surface area (Å²) in [7, 11) is 2.01. The van der Waals surface area contributed by atoms with E-state index in [2.05, 4.69) is 28.1 Å². The van der Waals surface area contributed by atoms with E-state index in [1.165, 1.54) is 17.6 Å². The van der Waals surface area contributed by atoms with Gasteiger partial charge in [0.25, 0.3) is 0 Å². The van der Waals surface area contributed by atoms with Crippen molar-refractivity contribution in [1.82, 2.24) is 14.8 Å². The average molecular weight is 377 g/mol. The first-order valence-electron chi connectivity index (χ1n) is 9.26. The van der Waals surface area contributed by atoms with Gasteiger partial charge in [0.2, 0.25) is 0 Å². The predicted octanol–water partition coefficient (Wildman–Crippen LogP) is 3.69. The standard InChI is InChI=1S/C22H20FN3O2/c1-25-9-7-16-10-15(2-4-19(16)25)12-24-21(27)26-13-22(14-26)8-6-17-11-18(23)3-5-20(17)28-22/h2-11H,12-14H2,1H3,(H,24,27). The summed E-state index contributed by atoms with van der Waals surface area (Å²) in [6.45, 7) is 1.43. The summed E-state index contributed by atoms with van der Waals surface area (Å²) in [5, 5.41) is 4.13. The van der Waals surface area contributed by atoms with E-state index in [0.29, 0.717) is 25.4 Å². The highest BCUT2D eigenvalue weighted by atomic mass is 19.1. The minimum Gasteiger partial charge on any atom is -0.479 e. The van der Waals surface area contributed by atoms with E-state index in [9.17, 15) is 9.18 Å². The molecule has 5 rings (SSSR count). The highest BCUT2D eigenvalue weighted by molar-refractivity contribution is 5.81. The number of carbonyl (C=O) groups is 1. The van der Waals surface area contributed by atoms with Gasteiger partial charge in [-0.15, -0.1) is 0 Å². The molecule has 28 heavy (non-hydrogen) atoms. The fraction of sp³-hybridized carbons (Fsp3) is 0.227. The molecule has 1 fully saturated rings. The molecule has 3 aromatic rings. The maximum atomic E-state index is 13.3. The Morgan fingerprint density at radius 2 is 2.07 bits per heavy atom. The quantitative estimate of drug-likeness (QED) is 0.740. The maximum Gasteiger partial charge on any atom is 0.317 e. The number of likely N-dealkylation sites (tertiary alicyclic amines) is 1. The average Bonchev–Trinajstić information content (AvgIpc) is 3.04. The number of carbonyl (C=O) groups excluding carboxylic acids is 1. The number of halogens is 1. The van der Waals surface area contributed by atoms with E-state index in [4.69, 9.17) is 4.74 Å². The molecule has 2 aliphatic heterocycles. The van der Waals surface area contributed by atoms with Crippen molar-refractivity contribution < 1.29 is 13.9 Å². The molecule has 0 atom stereocenters. The van der Waals surface area contributed by atoms with Crippen molar-refractivity contribution in [2.75, 3.05) is 13.1 Å². The third-order valence-corrected chi connectivity index (χ3v) is 5.45. The van der Waals surface area contributed by atoms with Gasteiger partial charge in [0.15, 0.2) is 5.60 Å². The van der Waals surface area contributed by atoms with Crippen LogP contribution in [0.5, 0.6) is 5.75 Å². The zero-order valence-corrected chi connectivity index (χ0v) is 15.5. The predicted molar refractivity (Wildman–Crippen MR) is 106 cm³/mol. The fourth-order valence-electron chi connectivity index (χ4n) is 3.88. The molecule has 6 heteroatoms. The smallest absolute Gasteiger partial charge is 0.317 e. The molecular formula is C22H20FN3O2. The van der Waals surface area contributed by atoms with E-state index in [1.54, 1.807) is 11.0 Å². The summed E-state index contributed by atoms with van der Waals surface area (Å²) in [5.41, 5.74) is 2.45. The molecule has 2 aromatic carbocycles. The normalized spacial score (nSPS) is 16.6. The van der Waals surface area contributed by atoms with E-state index in [1.807, 2.05) is 31.5 Å². The van der Waals surface area contributed by atoms with Crippen molar-refractivity contribution in [3.63, 3.8) is 0 Å². The Kier molecular flexibility index (Phi) is 3.69.